The van der Waals surface area contributed by atoms with Gasteiger partial charge in [-0.3, -0.25) is 4.84 Å². The first-order valence-corrected chi connectivity index (χ1v) is 6.48. The molecule has 2 rings (SSSR count). The average molecular weight is 263 g/mol. The van der Waals surface area contributed by atoms with Crippen molar-refractivity contribution in [3.05, 3.63) is 29.3 Å². The Kier molecular flexibility index (Phi) is 3.15. The number of sulfonamides is 1. The summed E-state index contributed by atoms with van der Waals surface area (Å²) in [6.45, 7) is 1.83. The van der Waals surface area contributed by atoms with Crippen molar-refractivity contribution in [3.8, 4) is 0 Å². The second-order valence-electron chi connectivity index (χ2n) is 3.75. The van der Waals surface area contributed by atoms with Crippen molar-refractivity contribution in [3.63, 3.8) is 0 Å². The molecule has 0 unspecified atom stereocenters. The maximum Gasteiger partial charge on any atom is 0.267 e. The third-order valence-electron chi connectivity index (χ3n) is 2.48. The summed E-state index contributed by atoms with van der Waals surface area (Å²) >= 11 is 0. The van der Waals surface area contributed by atoms with E-state index in [0.29, 0.717) is 12.5 Å². The van der Waals surface area contributed by atoms with Crippen LogP contribution in [0.1, 0.15) is 12.0 Å². The van der Waals surface area contributed by atoms with Crippen LogP contribution in [0, 0.1) is 18.6 Å². The molecular formula is C10H11F2NO3S. The smallest absolute Gasteiger partial charge is 0.267 e. The van der Waals surface area contributed by atoms with Crippen molar-refractivity contribution in [1.29, 1.82) is 0 Å². The summed E-state index contributed by atoms with van der Waals surface area (Å²) in [5.74, 6) is -1.88. The van der Waals surface area contributed by atoms with E-state index in [9.17, 15) is 17.2 Å². The van der Waals surface area contributed by atoms with Crippen LogP contribution < -0.4 is 0 Å². The summed E-state index contributed by atoms with van der Waals surface area (Å²) in [6, 6.07) is 1.54. The van der Waals surface area contributed by atoms with Gasteiger partial charge in [0.2, 0.25) is 0 Å². The van der Waals surface area contributed by atoms with Crippen LogP contribution in [0.15, 0.2) is 17.0 Å². The van der Waals surface area contributed by atoms with Crippen molar-refractivity contribution in [1.82, 2.24) is 4.47 Å². The first kappa shape index (κ1) is 12.4. The summed E-state index contributed by atoms with van der Waals surface area (Å²) < 4.78 is 51.2. The largest absolute Gasteiger partial charge is 0.284 e. The number of hydroxylamine groups is 1. The maximum absolute atomic E-state index is 13.5. The summed E-state index contributed by atoms with van der Waals surface area (Å²) in [6.07, 6.45) is 0.557. The van der Waals surface area contributed by atoms with E-state index < -0.39 is 26.6 Å². The van der Waals surface area contributed by atoms with Gasteiger partial charge < -0.3 is 0 Å². The normalized spacial score (nSPS) is 17.6. The highest BCUT2D eigenvalue weighted by molar-refractivity contribution is 7.89. The Morgan fingerprint density at radius 2 is 2.00 bits per heavy atom. The van der Waals surface area contributed by atoms with E-state index in [1.807, 2.05) is 0 Å². The van der Waals surface area contributed by atoms with E-state index in [1.54, 1.807) is 0 Å². The fourth-order valence-corrected chi connectivity index (χ4v) is 2.99. The van der Waals surface area contributed by atoms with Gasteiger partial charge in [0.25, 0.3) is 10.0 Å². The molecule has 0 amide bonds. The lowest BCUT2D eigenvalue weighted by Gasteiger charge is -2.15. The molecule has 7 heteroatoms. The van der Waals surface area contributed by atoms with E-state index in [2.05, 4.69) is 0 Å². The Labute approximate surface area is 97.8 Å². The Hall–Kier alpha value is -1.05. The molecule has 0 aliphatic carbocycles. The van der Waals surface area contributed by atoms with Crippen LogP contribution in [0.5, 0.6) is 0 Å². The fourth-order valence-electron chi connectivity index (χ4n) is 1.55. The van der Waals surface area contributed by atoms with Gasteiger partial charge in [-0.25, -0.2) is 17.2 Å². The lowest BCUT2D eigenvalue weighted by Crippen LogP contribution is -2.27. The zero-order valence-corrected chi connectivity index (χ0v) is 9.93. The van der Waals surface area contributed by atoms with E-state index in [0.717, 1.165) is 10.5 Å². The number of hydrogen-bond donors (Lipinski definition) is 0. The van der Waals surface area contributed by atoms with Crippen LogP contribution in [0.4, 0.5) is 8.78 Å². The van der Waals surface area contributed by atoms with Crippen LogP contribution >= 0.6 is 0 Å². The standard InChI is InChI=1S/C10H11F2NO3S/c1-7-5-10(9(12)6-8(7)11)17(14,15)13-3-2-4-16-13/h5-6H,2-4H2,1H3. The summed E-state index contributed by atoms with van der Waals surface area (Å²) in [7, 11) is -4.04. The van der Waals surface area contributed by atoms with Gasteiger partial charge in [0.15, 0.2) is 0 Å². The van der Waals surface area contributed by atoms with Crippen LogP contribution in [0.2, 0.25) is 0 Å². The number of hydrogen-bond acceptors (Lipinski definition) is 3. The zero-order chi connectivity index (χ0) is 12.6. The minimum Gasteiger partial charge on any atom is -0.284 e. The predicted octanol–water partition coefficient (Wildman–Crippen LogP) is 1.60. The van der Waals surface area contributed by atoms with Crippen LogP contribution in [-0.2, 0) is 14.9 Å². The van der Waals surface area contributed by atoms with Crippen LogP contribution in [0.3, 0.4) is 0 Å². The molecule has 0 atom stereocenters. The third kappa shape index (κ3) is 2.18. The lowest BCUT2D eigenvalue weighted by molar-refractivity contribution is -0.0286. The number of rotatable bonds is 2. The first-order chi connectivity index (χ1) is 7.93. The minimum absolute atomic E-state index is 0.0733. The van der Waals surface area contributed by atoms with Crippen molar-refractivity contribution in [2.45, 2.75) is 18.2 Å². The van der Waals surface area contributed by atoms with Gasteiger partial charge in [-0.2, -0.15) is 0 Å². The molecule has 0 saturated carbocycles. The van der Waals surface area contributed by atoms with Gasteiger partial charge in [-0.1, -0.05) is 4.47 Å². The Bertz CT molecular complexity index is 539. The SMILES string of the molecule is Cc1cc(S(=O)(=O)N2CCCO2)c(F)cc1F. The lowest BCUT2D eigenvalue weighted by atomic mass is 10.2. The average Bonchev–Trinajstić information content (AvgIpc) is 2.77. The molecule has 17 heavy (non-hydrogen) atoms. The number of nitrogens with zero attached hydrogens (tertiary/aromatic N) is 1. The van der Waals surface area contributed by atoms with E-state index >= 15 is 0 Å². The monoisotopic (exact) mass is 263 g/mol. The van der Waals surface area contributed by atoms with Gasteiger partial charge in [0.05, 0.1) is 6.61 Å². The fraction of sp³-hybridized carbons (Fsp3) is 0.400. The highest BCUT2D eigenvalue weighted by atomic mass is 32.2. The van der Waals surface area contributed by atoms with Crippen molar-refractivity contribution in [2.75, 3.05) is 13.2 Å². The van der Waals surface area contributed by atoms with Gasteiger partial charge in [-0.05, 0) is 25.0 Å². The number of benzene rings is 1. The minimum atomic E-state index is -4.04. The summed E-state index contributed by atoms with van der Waals surface area (Å²) in [4.78, 5) is 4.33. The molecule has 1 fully saturated rings. The molecule has 94 valence electrons. The quantitative estimate of drug-likeness (QED) is 0.814. The summed E-state index contributed by atoms with van der Waals surface area (Å²) in [5.41, 5.74) is 0.0733. The second-order valence-corrected chi connectivity index (χ2v) is 5.55. The molecule has 1 aromatic rings. The Balaban J connectivity index is 2.49. The predicted molar refractivity (Wildman–Crippen MR) is 55.6 cm³/mol. The first-order valence-electron chi connectivity index (χ1n) is 5.04. The van der Waals surface area contributed by atoms with Crippen LogP contribution in [-0.4, -0.2) is 26.0 Å². The van der Waals surface area contributed by atoms with Crippen LogP contribution in [0.25, 0.3) is 0 Å². The Morgan fingerprint density at radius 1 is 1.29 bits per heavy atom. The maximum atomic E-state index is 13.5. The molecule has 1 aromatic carbocycles. The molecule has 1 aliphatic heterocycles. The topological polar surface area (TPSA) is 46.6 Å². The molecule has 0 spiro atoms. The zero-order valence-electron chi connectivity index (χ0n) is 9.11. The second kappa shape index (κ2) is 4.32. The van der Waals surface area contributed by atoms with Gasteiger partial charge in [0, 0.05) is 12.6 Å². The van der Waals surface area contributed by atoms with Gasteiger partial charge in [0.1, 0.15) is 16.5 Å². The third-order valence-corrected chi connectivity index (χ3v) is 4.17. The molecule has 0 radical (unpaired) electrons. The van der Waals surface area contributed by atoms with Crippen molar-refractivity contribution >= 4 is 10.0 Å². The molecule has 1 saturated heterocycles. The molecular weight excluding hydrogens is 252 g/mol. The molecule has 0 N–H and O–H groups in total. The highest BCUT2D eigenvalue weighted by Gasteiger charge is 2.31. The summed E-state index contributed by atoms with van der Waals surface area (Å²) in [5, 5.41) is 0. The number of halogens is 2. The molecule has 4 nitrogen and oxygen atoms in total. The number of aryl methyl sites for hydroxylation is 1. The van der Waals surface area contributed by atoms with E-state index in [1.165, 1.54) is 6.92 Å². The van der Waals surface area contributed by atoms with Crippen molar-refractivity contribution < 1.29 is 22.0 Å². The van der Waals surface area contributed by atoms with Gasteiger partial charge >= 0.3 is 0 Å². The van der Waals surface area contributed by atoms with E-state index in [-0.39, 0.29) is 18.7 Å². The Morgan fingerprint density at radius 3 is 2.59 bits per heavy atom. The molecule has 1 heterocycles. The molecule has 0 aromatic heterocycles. The molecule has 1 aliphatic rings. The van der Waals surface area contributed by atoms with E-state index in [4.69, 9.17) is 4.84 Å². The highest BCUT2D eigenvalue weighted by Crippen LogP contribution is 2.24. The van der Waals surface area contributed by atoms with Gasteiger partial charge in [-0.15, -0.1) is 0 Å². The molecule has 0 bridgehead atoms. The van der Waals surface area contributed by atoms with Crippen molar-refractivity contribution in [2.24, 2.45) is 0 Å².